The molecule has 0 atom stereocenters. The summed E-state index contributed by atoms with van der Waals surface area (Å²) in [5.41, 5.74) is 1.23. The van der Waals surface area contributed by atoms with Gasteiger partial charge in [-0.25, -0.2) is 0 Å². The van der Waals surface area contributed by atoms with E-state index in [1.165, 1.54) is 5.56 Å². The largest absolute Gasteiger partial charge is 0.491 e. The second-order valence-electron chi connectivity index (χ2n) is 2.68. The molecule has 0 radical (unpaired) electrons. The van der Waals surface area contributed by atoms with Gasteiger partial charge in [-0.1, -0.05) is 29.3 Å². The summed E-state index contributed by atoms with van der Waals surface area (Å²) < 4.78 is 10.3. The Hall–Kier alpha value is -0.730. The third-order valence-electron chi connectivity index (χ3n) is 1.59. The van der Waals surface area contributed by atoms with E-state index in [9.17, 15) is 0 Å². The Kier molecular flexibility index (Phi) is 4.65. The predicted molar refractivity (Wildman–Crippen MR) is 53.3 cm³/mol. The van der Waals surface area contributed by atoms with Gasteiger partial charge in [0, 0.05) is 0 Å². The summed E-state index contributed by atoms with van der Waals surface area (Å²) in [6, 6.07) is 8.12. The average Bonchev–Trinajstić information content (AvgIpc) is 2.15. The third-order valence-corrected chi connectivity index (χ3v) is 1.75. The molecule has 0 saturated carbocycles. The molecule has 0 amide bonds. The maximum absolute atomic E-state index is 5.38. The minimum absolute atomic E-state index is 0.220. The van der Waals surface area contributed by atoms with Crippen molar-refractivity contribution in [2.24, 2.45) is 0 Å². The molecule has 0 aliphatic rings. The molecule has 0 spiro atoms. The Morgan fingerprint density at radius 2 is 1.85 bits per heavy atom. The summed E-state index contributed by atoms with van der Waals surface area (Å²) in [5, 5.41) is 0. The van der Waals surface area contributed by atoms with E-state index >= 15 is 0 Å². The Morgan fingerprint density at radius 1 is 1.15 bits per heavy atom. The Bertz CT molecular complexity index is 233. The maximum atomic E-state index is 5.38. The number of halogens is 1. The van der Waals surface area contributed by atoms with Crippen LogP contribution in [0.4, 0.5) is 0 Å². The van der Waals surface area contributed by atoms with Gasteiger partial charge < -0.3 is 9.47 Å². The van der Waals surface area contributed by atoms with Crippen LogP contribution >= 0.6 is 11.6 Å². The van der Waals surface area contributed by atoms with Crippen molar-refractivity contribution >= 4 is 11.6 Å². The number of rotatable bonds is 5. The Labute approximate surface area is 83.4 Å². The highest BCUT2D eigenvalue weighted by atomic mass is 35.5. The van der Waals surface area contributed by atoms with Crippen LogP contribution < -0.4 is 4.74 Å². The van der Waals surface area contributed by atoms with Crippen molar-refractivity contribution in [3.05, 3.63) is 29.8 Å². The quantitative estimate of drug-likeness (QED) is 0.537. The molecule has 13 heavy (non-hydrogen) atoms. The van der Waals surface area contributed by atoms with E-state index in [-0.39, 0.29) is 6.07 Å². The highest BCUT2D eigenvalue weighted by Crippen LogP contribution is 2.10. The van der Waals surface area contributed by atoms with Crippen LogP contribution in [0, 0.1) is 6.92 Å². The van der Waals surface area contributed by atoms with Crippen molar-refractivity contribution in [2.75, 3.05) is 19.3 Å². The fourth-order valence-corrected chi connectivity index (χ4v) is 1.02. The first-order valence-corrected chi connectivity index (χ1v) is 4.69. The fraction of sp³-hybridized carbons (Fsp3) is 0.400. The zero-order valence-corrected chi connectivity index (χ0v) is 8.38. The van der Waals surface area contributed by atoms with Crippen molar-refractivity contribution in [3.63, 3.8) is 0 Å². The molecule has 2 nitrogen and oxygen atoms in total. The predicted octanol–water partition coefficient (Wildman–Crippen LogP) is 2.59. The molecule has 0 unspecified atom stereocenters. The number of hydrogen-bond donors (Lipinski definition) is 0. The molecule has 1 aromatic carbocycles. The Morgan fingerprint density at radius 3 is 2.46 bits per heavy atom. The molecule has 0 heterocycles. The van der Waals surface area contributed by atoms with E-state index in [0.29, 0.717) is 13.2 Å². The lowest BCUT2D eigenvalue weighted by Crippen LogP contribution is -2.05. The Balaban J connectivity index is 2.25. The van der Waals surface area contributed by atoms with E-state index in [0.717, 1.165) is 5.75 Å². The molecule has 0 aromatic heterocycles. The molecule has 0 saturated heterocycles. The standard InChI is InChI=1S/C10H13ClO2/c1-9-2-4-10(5-3-9)13-7-6-12-8-11/h2-5H,6-8H2,1H3. The van der Waals surface area contributed by atoms with Gasteiger partial charge in [-0.15, -0.1) is 0 Å². The lowest BCUT2D eigenvalue weighted by Gasteiger charge is -2.05. The molecule has 0 N–H and O–H groups in total. The molecule has 0 aliphatic heterocycles. The van der Waals surface area contributed by atoms with Crippen LogP contribution in [0.25, 0.3) is 0 Å². The molecule has 3 heteroatoms. The van der Waals surface area contributed by atoms with Gasteiger partial charge >= 0.3 is 0 Å². The van der Waals surface area contributed by atoms with Crippen molar-refractivity contribution in [1.82, 2.24) is 0 Å². The van der Waals surface area contributed by atoms with Crippen LogP contribution in [0.5, 0.6) is 5.75 Å². The van der Waals surface area contributed by atoms with Gasteiger partial charge in [-0.05, 0) is 19.1 Å². The van der Waals surface area contributed by atoms with E-state index in [2.05, 4.69) is 0 Å². The van der Waals surface area contributed by atoms with Gasteiger partial charge in [-0.3, -0.25) is 0 Å². The highest BCUT2D eigenvalue weighted by Gasteiger charge is 1.92. The molecular formula is C10H13ClO2. The first-order valence-electron chi connectivity index (χ1n) is 4.16. The average molecular weight is 201 g/mol. The van der Waals surface area contributed by atoms with Gasteiger partial charge in [0.2, 0.25) is 0 Å². The van der Waals surface area contributed by atoms with Crippen LogP contribution in [0.1, 0.15) is 5.56 Å². The van der Waals surface area contributed by atoms with Crippen LogP contribution in [-0.4, -0.2) is 19.3 Å². The minimum Gasteiger partial charge on any atom is -0.491 e. The second kappa shape index (κ2) is 5.84. The van der Waals surface area contributed by atoms with Crippen LogP contribution in [0.3, 0.4) is 0 Å². The van der Waals surface area contributed by atoms with E-state index in [4.69, 9.17) is 21.1 Å². The third kappa shape index (κ3) is 4.15. The summed E-state index contributed by atoms with van der Waals surface area (Å²) in [6.45, 7) is 3.10. The maximum Gasteiger partial charge on any atom is 0.121 e. The first kappa shape index (κ1) is 10.4. The second-order valence-corrected chi connectivity index (χ2v) is 2.90. The van der Waals surface area contributed by atoms with E-state index < -0.39 is 0 Å². The summed E-state index contributed by atoms with van der Waals surface area (Å²) in [4.78, 5) is 0. The van der Waals surface area contributed by atoms with Crippen molar-refractivity contribution in [1.29, 1.82) is 0 Å². The lowest BCUT2D eigenvalue weighted by atomic mass is 10.2. The molecule has 1 aromatic rings. The number of ether oxygens (including phenoxy) is 2. The van der Waals surface area contributed by atoms with E-state index in [1.54, 1.807) is 0 Å². The summed E-state index contributed by atoms with van der Waals surface area (Å²) in [7, 11) is 0. The van der Waals surface area contributed by atoms with Gasteiger partial charge in [0.05, 0.1) is 6.61 Å². The highest BCUT2D eigenvalue weighted by molar-refractivity contribution is 6.17. The SMILES string of the molecule is Cc1ccc(OCCOCCl)cc1. The summed E-state index contributed by atoms with van der Waals surface area (Å²) in [5.74, 6) is 0.865. The lowest BCUT2D eigenvalue weighted by molar-refractivity contribution is 0.133. The number of hydrogen-bond acceptors (Lipinski definition) is 2. The van der Waals surface area contributed by atoms with Gasteiger partial charge in [0.25, 0.3) is 0 Å². The van der Waals surface area contributed by atoms with Crippen molar-refractivity contribution < 1.29 is 9.47 Å². The first-order chi connectivity index (χ1) is 6.33. The molecular weight excluding hydrogens is 188 g/mol. The zero-order valence-electron chi connectivity index (χ0n) is 7.63. The smallest absolute Gasteiger partial charge is 0.121 e. The summed E-state index contributed by atoms with van der Waals surface area (Å²) in [6.07, 6.45) is 0. The van der Waals surface area contributed by atoms with Crippen LogP contribution in [0.15, 0.2) is 24.3 Å². The molecule has 72 valence electrons. The molecule has 0 bridgehead atoms. The van der Waals surface area contributed by atoms with Gasteiger partial charge in [-0.2, -0.15) is 0 Å². The number of benzene rings is 1. The number of alkyl halides is 1. The van der Waals surface area contributed by atoms with Crippen molar-refractivity contribution in [3.8, 4) is 5.75 Å². The van der Waals surface area contributed by atoms with Crippen molar-refractivity contribution in [2.45, 2.75) is 6.92 Å². The van der Waals surface area contributed by atoms with Gasteiger partial charge in [0.15, 0.2) is 0 Å². The molecule has 1 rings (SSSR count). The summed E-state index contributed by atoms with van der Waals surface area (Å²) >= 11 is 5.33. The number of aryl methyl sites for hydroxylation is 1. The van der Waals surface area contributed by atoms with Crippen LogP contribution in [-0.2, 0) is 4.74 Å². The van der Waals surface area contributed by atoms with E-state index in [1.807, 2.05) is 31.2 Å². The van der Waals surface area contributed by atoms with Crippen LogP contribution in [0.2, 0.25) is 0 Å². The topological polar surface area (TPSA) is 18.5 Å². The fourth-order valence-electron chi connectivity index (χ4n) is 0.907. The van der Waals surface area contributed by atoms with Gasteiger partial charge in [0.1, 0.15) is 18.4 Å². The zero-order chi connectivity index (χ0) is 9.52. The molecule has 0 fully saturated rings. The molecule has 0 aliphatic carbocycles. The monoisotopic (exact) mass is 200 g/mol. The minimum atomic E-state index is 0.220. The normalized spacial score (nSPS) is 10.0.